The number of ketones is 1. The lowest BCUT2D eigenvalue weighted by atomic mass is 9.96. The minimum atomic E-state index is -1.28. The molecule has 4 nitrogen and oxygen atoms in total. The quantitative estimate of drug-likeness (QED) is 0.834. The van der Waals surface area contributed by atoms with Crippen molar-refractivity contribution in [1.29, 1.82) is 0 Å². The molecule has 0 saturated heterocycles. The molecule has 0 spiro atoms. The third kappa shape index (κ3) is 2.75. The standard InChI is InChI=1S/C16H15NO3/c1-17-16(20)13-10-6-5-9-12(13)15(19)14(18)11-7-3-2-4-8-11/h2-10,14,18H,1H3,(H,17,20)/t14-/m0/s1. The molecule has 0 radical (unpaired) electrons. The number of Topliss-reactive ketones (excluding diaryl/α,β-unsaturated/α-hetero) is 1. The zero-order valence-corrected chi connectivity index (χ0v) is 11.0. The van der Waals surface area contributed by atoms with E-state index in [0.717, 1.165) is 0 Å². The zero-order valence-electron chi connectivity index (χ0n) is 11.0. The number of aliphatic hydroxyl groups excluding tert-OH is 1. The van der Waals surface area contributed by atoms with Crippen LogP contribution in [0.15, 0.2) is 54.6 Å². The first-order valence-electron chi connectivity index (χ1n) is 6.23. The first-order valence-corrected chi connectivity index (χ1v) is 6.23. The van der Waals surface area contributed by atoms with Gasteiger partial charge in [0, 0.05) is 12.6 Å². The average molecular weight is 269 g/mol. The molecule has 0 heterocycles. The fourth-order valence-corrected chi connectivity index (χ4v) is 1.96. The number of carbonyl (C=O) groups is 2. The Morgan fingerprint density at radius 2 is 1.50 bits per heavy atom. The smallest absolute Gasteiger partial charge is 0.251 e. The van der Waals surface area contributed by atoms with Crippen LogP contribution < -0.4 is 5.32 Å². The average Bonchev–Trinajstić information content (AvgIpc) is 2.53. The third-order valence-corrected chi connectivity index (χ3v) is 3.03. The van der Waals surface area contributed by atoms with Crippen LogP contribution in [0.1, 0.15) is 32.4 Å². The van der Waals surface area contributed by atoms with Crippen LogP contribution in [-0.4, -0.2) is 23.8 Å². The Kier molecular flexibility index (Phi) is 4.27. The zero-order chi connectivity index (χ0) is 14.5. The molecule has 2 aromatic rings. The molecule has 4 heteroatoms. The summed E-state index contributed by atoms with van der Waals surface area (Å²) in [6.07, 6.45) is -1.28. The van der Waals surface area contributed by atoms with Crippen LogP contribution in [0.2, 0.25) is 0 Å². The second kappa shape index (κ2) is 6.12. The monoisotopic (exact) mass is 269 g/mol. The number of nitrogens with one attached hydrogen (secondary N) is 1. The maximum absolute atomic E-state index is 12.4. The van der Waals surface area contributed by atoms with Crippen LogP contribution in [-0.2, 0) is 0 Å². The van der Waals surface area contributed by atoms with E-state index in [0.29, 0.717) is 5.56 Å². The van der Waals surface area contributed by atoms with Crippen molar-refractivity contribution in [3.05, 3.63) is 71.3 Å². The van der Waals surface area contributed by atoms with Gasteiger partial charge in [0.15, 0.2) is 5.78 Å². The Bertz CT molecular complexity index is 623. The molecule has 0 aliphatic carbocycles. The molecule has 2 rings (SSSR count). The fourth-order valence-electron chi connectivity index (χ4n) is 1.96. The maximum Gasteiger partial charge on any atom is 0.251 e. The second-order valence-corrected chi connectivity index (χ2v) is 4.30. The summed E-state index contributed by atoms with van der Waals surface area (Å²) in [7, 11) is 1.50. The molecule has 0 aliphatic heterocycles. The summed E-state index contributed by atoms with van der Waals surface area (Å²) in [5.74, 6) is -0.843. The van der Waals surface area contributed by atoms with Crippen LogP contribution in [0, 0.1) is 0 Å². The normalized spacial score (nSPS) is 11.7. The van der Waals surface area contributed by atoms with Crippen molar-refractivity contribution in [2.45, 2.75) is 6.10 Å². The van der Waals surface area contributed by atoms with E-state index in [1.807, 2.05) is 0 Å². The van der Waals surface area contributed by atoms with E-state index in [9.17, 15) is 14.7 Å². The fraction of sp³-hybridized carbons (Fsp3) is 0.125. The molecular formula is C16H15NO3. The predicted molar refractivity (Wildman–Crippen MR) is 75.6 cm³/mol. The molecular weight excluding hydrogens is 254 g/mol. The van der Waals surface area contributed by atoms with Crippen molar-refractivity contribution in [3.8, 4) is 0 Å². The van der Waals surface area contributed by atoms with Gasteiger partial charge in [-0.05, 0) is 11.6 Å². The topological polar surface area (TPSA) is 66.4 Å². The molecule has 102 valence electrons. The molecule has 2 aromatic carbocycles. The molecule has 0 aromatic heterocycles. The van der Waals surface area contributed by atoms with E-state index in [-0.39, 0.29) is 17.0 Å². The number of aliphatic hydroxyl groups is 1. The third-order valence-electron chi connectivity index (χ3n) is 3.03. The molecule has 2 N–H and O–H groups in total. The van der Waals surface area contributed by atoms with E-state index in [4.69, 9.17) is 0 Å². The minimum Gasteiger partial charge on any atom is -0.380 e. The van der Waals surface area contributed by atoms with Gasteiger partial charge in [-0.15, -0.1) is 0 Å². The van der Waals surface area contributed by atoms with Gasteiger partial charge in [-0.25, -0.2) is 0 Å². The van der Waals surface area contributed by atoms with Gasteiger partial charge in [0.2, 0.25) is 0 Å². The van der Waals surface area contributed by atoms with E-state index in [1.165, 1.54) is 7.05 Å². The highest BCUT2D eigenvalue weighted by Gasteiger charge is 2.23. The molecule has 0 bridgehead atoms. The number of hydrogen-bond donors (Lipinski definition) is 2. The van der Waals surface area contributed by atoms with Crippen LogP contribution in [0.5, 0.6) is 0 Å². The summed E-state index contributed by atoms with van der Waals surface area (Å²) < 4.78 is 0. The minimum absolute atomic E-state index is 0.211. The molecule has 0 fully saturated rings. The number of hydrogen-bond acceptors (Lipinski definition) is 3. The van der Waals surface area contributed by atoms with Crippen molar-refractivity contribution in [3.63, 3.8) is 0 Å². The van der Waals surface area contributed by atoms with Gasteiger partial charge in [-0.3, -0.25) is 9.59 Å². The Morgan fingerprint density at radius 3 is 2.10 bits per heavy atom. The largest absolute Gasteiger partial charge is 0.380 e. The van der Waals surface area contributed by atoms with Crippen molar-refractivity contribution < 1.29 is 14.7 Å². The summed E-state index contributed by atoms with van der Waals surface area (Å²) in [6, 6.07) is 15.1. The van der Waals surface area contributed by atoms with E-state index < -0.39 is 11.9 Å². The summed E-state index contributed by atoms with van der Waals surface area (Å²) in [4.78, 5) is 24.1. The molecule has 1 amide bonds. The number of amides is 1. The maximum atomic E-state index is 12.4. The summed E-state index contributed by atoms with van der Waals surface area (Å²) in [5.41, 5.74) is 0.974. The Balaban J connectivity index is 2.37. The number of benzene rings is 2. The molecule has 0 aliphatic rings. The summed E-state index contributed by atoms with van der Waals surface area (Å²) in [6.45, 7) is 0. The lowest BCUT2D eigenvalue weighted by Gasteiger charge is -2.12. The van der Waals surface area contributed by atoms with Crippen LogP contribution in [0.3, 0.4) is 0 Å². The van der Waals surface area contributed by atoms with Crippen LogP contribution >= 0.6 is 0 Å². The lowest BCUT2D eigenvalue weighted by Crippen LogP contribution is -2.23. The highest BCUT2D eigenvalue weighted by Crippen LogP contribution is 2.20. The molecule has 20 heavy (non-hydrogen) atoms. The van der Waals surface area contributed by atoms with E-state index >= 15 is 0 Å². The molecule has 0 saturated carbocycles. The Morgan fingerprint density at radius 1 is 0.950 bits per heavy atom. The Hall–Kier alpha value is -2.46. The van der Waals surface area contributed by atoms with Crippen molar-refractivity contribution in [2.75, 3.05) is 7.05 Å². The van der Waals surface area contributed by atoms with Gasteiger partial charge in [0.1, 0.15) is 6.10 Å². The number of rotatable bonds is 4. The van der Waals surface area contributed by atoms with Crippen LogP contribution in [0.25, 0.3) is 0 Å². The lowest BCUT2D eigenvalue weighted by molar-refractivity contribution is 0.0742. The summed E-state index contributed by atoms with van der Waals surface area (Å²) in [5, 5.41) is 12.6. The first kappa shape index (κ1) is 14.0. The predicted octanol–water partition coefficient (Wildman–Crippen LogP) is 1.96. The highest BCUT2D eigenvalue weighted by molar-refractivity contribution is 6.09. The van der Waals surface area contributed by atoms with Crippen molar-refractivity contribution >= 4 is 11.7 Å². The van der Waals surface area contributed by atoms with Crippen LogP contribution in [0.4, 0.5) is 0 Å². The molecule has 1 atom stereocenters. The van der Waals surface area contributed by atoms with Gasteiger partial charge in [0.25, 0.3) is 5.91 Å². The van der Waals surface area contributed by atoms with Gasteiger partial charge in [-0.1, -0.05) is 48.5 Å². The highest BCUT2D eigenvalue weighted by atomic mass is 16.3. The summed E-state index contributed by atoms with van der Waals surface area (Å²) >= 11 is 0. The van der Waals surface area contributed by atoms with E-state index in [1.54, 1.807) is 54.6 Å². The van der Waals surface area contributed by atoms with E-state index in [2.05, 4.69) is 5.32 Å². The molecule has 0 unspecified atom stereocenters. The van der Waals surface area contributed by atoms with Gasteiger partial charge >= 0.3 is 0 Å². The number of carbonyl (C=O) groups excluding carboxylic acids is 2. The SMILES string of the molecule is CNC(=O)c1ccccc1C(=O)[C@@H](O)c1ccccc1. The van der Waals surface area contributed by atoms with Gasteiger partial charge in [-0.2, -0.15) is 0 Å². The van der Waals surface area contributed by atoms with Gasteiger partial charge in [0.05, 0.1) is 5.56 Å². The van der Waals surface area contributed by atoms with Gasteiger partial charge < -0.3 is 10.4 Å². The first-order chi connectivity index (χ1) is 9.65. The van der Waals surface area contributed by atoms with Crippen molar-refractivity contribution in [1.82, 2.24) is 5.32 Å². The Labute approximate surface area is 117 Å². The van der Waals surface area contributed by atoms with Crippen molar-refractivity contribution in [2.24, 2.45) is 0 Å². The second-order valence-electron chi connectivity index (χ2n) is 4.30.